The number of nitrogens with zero attached hydrogens (tertiary/aromatic N) is 2. The first-order valence-corrected chi connectivity index (χ1v) is 21.3. The molecule has 0 fully saturated rings. The third-order valence-electron chi connectivity index (χ3n) is 12.3. The van der Waals surface area contributed by atoms with Crippen LogP contribution < -0.4 is 4.90 Å². The van der Waals surface area contributed by atoms with E-state index in [-0.39, 0.29) is 0 Å². The zero-order chi connectivity index (χ0) is 40.2. The minimum absolute atomic E-state index is 0.548. The van der Waals surface area contributed by atoms with Crippen LogP contribution in [0, 0.1) is 0 Å². The van der Waals surface area contributed by atoms with Crippen LogP contribution in [0.15, 0.2) is 225 Å². The Morgan fingerprint density at radius 3 is 2.02 bits per heavy atom. The smallest absolute Gasteiger partial charge is 0.0801 e. The molecular weight excluding hydrogens is 745 g/mol. The predicted octanol–water partition coefficient (Wildman–Crippen LogP) is 15.8. The van der Waals surface area contributed by atoms with Gasteiger partial charge in [0, 0.05) is 48.5 Å². The van der Waals surface area contributed by atoms with Gasteiger partial charge in [-0.05, 0) is 118 Å². The number of allylic oxidation sites excluding steroid dienone is 5. The van der Waals surface area contributed by atoms with Crippen LogP contribution in [-0.2, 0) is 5.41 Å². The highest BCUT2D eigenvalue weighted by Gasteiger charge is 2.46. The van der Waals surface area contributed by atoms with Gasteiger partial charge in [-0.15, -0.1) is 11.3 Å². The highest BCUT2D eigenvalue weighted by Crippen LogP contribution is 2.55. The van der Waals surface area contributed by atoms with Gasteiger partial charge in [0.2, 0.25) is 0 Å². The quantitative estimate of drug-likeness (QED) is 0.143. The summed E-state index contributed by atoms with van der Waals surface area (Å²) < 4.78 is 2.63. The first-order chi connectivity index (χ1) is 29.7. The lowest BCUT2D eigenvalue weighted by molar-refractivity contribution is 0.762. The summed E-state index contributed by atoms with van der Waals surface area (Å²) in [5.41, 5.74) is 13.3. The van der Waals surface area contributed by atoms with Crippen LogP contribution in [0.5, 0.6) is 0 Å². The van der Waals surface area contributed by atoms with E-state index in [0.29, 0.717) is 0 Å². The molecule has 1 unspecified atom stereocenters. The Morgan fingerprint density at radius 1 is 0.567 bits per heavy atom. The molecule has 1 atom stereocenters. The van der Waals surface area contributed by atoms with Crippen LogP contribution in [-0.4, -0.2) is 4.98 Å². The lowest BCUT2D eigenvalue weighted by Gasteiger charge is -2.35. The summed E-state index contributed by atoms with van der Waals surface area (Å²) >= 11 is 1.85. The fourth-order valence-electron chi connectivity index (χ4n) is 9.69. The molecular formula is C57H40N2S. The molecule has 1 aliphatic carbocycles. The molecule has 284 valence electrons. The number of benzene rings is 8. The van der Waals surface area contributed by atoms with Crippen LogP contribution in [0.25, 0.3) is 58.5 Å². The van der Waals surface area contributed by atoms with Crippen molar-refractivity contribution in [1.82, 2.24) is 4.98 Å². The van der Waals surface area contributed by atoms with Crippen molar-refractivity contribution in [2.24, 2.45) is 0 Å². The maximum absolute atomic E-state index is 4.96. The summed E-state index contributed by atoms with van der Waals surface area (Å²) in [6, 6.07) is 68.7. The molecule has 10 aromatic rings. The Balaban J connectivity index is 1.10. The maximum atomic E-state index is 4.96. The van der Waals surface area contributed by atoms with Gasteiger partial charge in [-0.1, -0.05) is 152 Å². The topological polar surface area (TPSA) is 16.1 Å². The van der Waals surface area contributed by atoms with E-state index in [1.165, 1.54) is 64.7 Å². The van der Waals surface area contributed by atoms with E-state index in [0.717, 1.165) is 38.7 Å². The van der Waals surface area contributed by atoms with Gasteiger partial charge in [-0.25, -0.2) is 0 Å². The van der Waals surface area contributed by atoms with E-state index in [1.807, 2.05) is 23.6 Å². The molecule has 2 aromatic heterocycles. The summed E-state index contributed by atoms with van der Waals surface area (Å²) in [6.45, 7) is 6.52. The van der Waals surface area contributed by atoms with Gasteiger partial charge in [0.1, 0.15) is 0 Å². The fourth-order valence-corrected chi connectivity index (χ4v) is 10.8. The summed E-state index contributed by atoms with van der Waals surface area (Å²) in [5.74, 6) is 0. The molecule has 0 radical (unpaired) electrons. The van der Waals surface area contributed by atoms with Gasteiger partial charge in [-0.3, -0.25) is 4.98 Å². The Labute approximate surface area is 354 Å². The number of hydrogen-bond donors (Lipinski definition) is 0. The van der Waals surface area contributed by atoms with Crippen molar-refractivity contribution < 1.29 is 0 Å². The fraction of sp³-hybridized carbons (Fsp3) is 0.0351. The molecule has 11 rings (SSSR count). The molecule has 0 bridgehead atoms. The van der Waals surface area contributed by atoms with E-state index in [2.05, 4.69) is 219 Å². The van der Waals surface area contributed by atoms with Crippen molar-refractivity contribution in [1.29, 1.82) is 0 Å². The van der Waals surface area contributed by atoms with Crippen LogP contribution in [0.2, 0.25) is 0 Å². The lowest BCUT2D eigenvalue weighted by Crippen LogP contribution is -2.29. The van der Waals surface area contributed by atoms with Gasteiger partial charge in [0.15, 0.2) is 0 Å². The predicted molar refractivity (Wildman–Crippen MR) is 257 cm³/mol. The minimum Gasteiger partial charge on any atom is -0.310 e. The highest BCUT2D eigenvalue weighted by molar-refractivity contribution is 7.25. The molecule has 60 heavy (non-hydrogen) atoms. The van der Waals surface area contributed by atoms with Crippen LogP contribution >= 0.6 is 11.3 Å². The van der Waals surface area contributed by atoms with Crippen LogP contribution in [0.1, 0.15) is 29.2 Å². The summed E-state index contributed by atoms with van der Waals surface area (Å²) in [5, 5.41) is 6.00. The molecule has 0 amide bonds. The van der Waals surface area contributed by atoms with E-state index < -0.39 is 5.41 Å². The molecule has 0 saturated heterocycles. The molecule has 1 aliphatic rings. The maximum Gasteiger partial charge on any atom is 0.0801 e. The molecule has 2 nitrogen and oxygen atoms in total. The third kappa shape index (κ3) is 5.51. The second-order valence-corrected chi connectivity index (χ2v) is 16.5. The van der Waals surface area contributed by atoms with Crippen molar-refractivity contribution in [2.75, 3.05) is 4.90 Å². The largest absolute Gasteiger partial charge is 0.310 e. The van der Waals surface area contributed by atoms with E-state index in [4.69, 9.17) is 4.98 Å². The molecule has 3 heteroatoms. The van der Waals surface area contributed by atoms with Gasteiger partial charge in [-0.2, -0.15) is 0 Å². The standard InChI is InChI=1S/C57H40N2S/c1-3-15-46-47-20-10-12-23-52(47)57(51(46)4-2,41-17-6-5-7-18-41)42-28-32-44(33-29-42)59(53-37-40-16-8-9-19-45(40)56-49(53)22-14-35-58-56)43-30-25-38(26-31-43)39-27-34-55-50(36-39)48-21-11-13-24-54(48)60-55/h3-37H,2H2,1H3/b15-3-. The Kier molecular flexibility index (Phi) is 8.65. The number of aromatic nitrogens is 1. The van der Waals surface area contributed by atoms with Crippen LogP contribution in [0.4, 0.5) is 17.1 Å². The van der Waals surface area contributed by atoms with Gasteiger partial charge in [0.05, 0.1) is 16.6 Å². The molecule has 8 aromatic carbocycles. The summed E-state index contributed by atoms with van der Waals surface area (Å²) in [6.07, 6.45) is 8.33. The lowest BCUT2D eigenvalue weighted by atomic mass is 9.67. The van der Waals surface area contributed by atoms with Gasteiger partial charge >= 0.3 is 0 Å². The number of rotatable bonds is 8. The highest BCUT2D eigenvalue weighted by atomic mass is 32.1. The molecule has 0 N–H and O–H groups in total. The first-order valence-electron chi connectivity index (χ1n) is 20.5. The van der Waals surface area contributed by atoms with Crippen molar-refractivity contribution in [2.45, 2.75) is 12.3 Å². The van der Waals surface area contributed by atoms with Gasteiger partial charge < -0.3 is 4.90 Å². The average molecular weight is 785 g/mol. The average Bonchev–Trinajstić information content (AvgIpc) is 3.83. The van der Waals surface area contributed by atoms with E-state index in [9.17, 15) is 0 Å². The zero-order valence-corrected chi connectivity index (χ0v) is 34.0. The molecule has 2 heterocycles. The SMILES string of the molecule is C=CC1=C(/C=C\C)c2ccccc2C1(c1ccccc1)c1ccc(N(c2ccc(-c3ccc4sc5ccccc5c4c3)cc2)c2cc3ccccc3c3ncccc23)cc1. The minimum atomic E-state index is -0.548. The molecule has 0 saturated carbocycles. The molecule has 0 spiro atoms. The number of hydrogen-bond acceptors (Lipinski definition) is 3. The number of pyridine rings is 1. The number of anilines is 3. The Hall–Kier alpha value is -7.33. The van der Waals surface area contributed by atoms with E-state index >= 15 is 0 Å². The monoisotopic (exact) mass is 784 g/mol. The number of thiophene rings is 1. The number of fused-ring (bicyclic) bond motifs is 7. The zero-order valence-electron chi connectivity index (χ0n) is 33.2. The van der Waals surface area contributed by atoms with Crippen molar-refractivity contribution in [3.05, 3.63) is 247 Å². The van der Waals surface area contributed by atoms with Crippen LogP contribution in [0.3, 0.4) is 0 Å². The normalized spacial score (nSPS) is 15.1. The second-order valence-electron chi connectivity index (χ2n) is 15.4. The first kappa shape index (κ1) is 35.8. The summed E-state index contributed by atoms with van der Waals surface area (Å²) in [7, 11) is 0. The Bertz CT molecular complexity index is 3340. The van der Waals surface area contributed by atoms with Crippen molar-refractivity contribution in [3.8, 4) is 11.1 Å². The van der Waals surface area contributed by atoms with E-state index in [1.54, 1.807) is 0 Å². The third-order valence-corrected chi connectivity index (χ3v) is 13.4. The van der Waals surface area contributed by atoms with Gasteiger partial charge in [0.25, 0.3) is 0 Å². The van der Waals surface area contributed by atoms with Crippen molar-refractivity contribution >= 4 is 75.8 Å². The summed E-state index contributed by atoms with van der Waals surface area (Å²) in [4.78, 5) is 7.36. The second kappa shape index (κ2) is 14.5. The van der Waals surface area contributed by atoms with Crippen molar-refractivity contribution in [3.63, 3.8) is 0 Å². The molecule has 0 aliphatic heterocycles. The Morgan fingerprint density at radius 2 is 1.22 bits per heavy atom.